The fourth-order valence-electron chi connectivity index (χ4n) is 4.44. The molecule has 1 aromatic carbocycles. The van der Waals surface area contributed by atoms with Crippen LogP contribution in [0.5, 0.6) is 0 Å². The number of nitrogens with one attached hydrogen (secondary N) is 1. The molecule has 27 heavy (non-hydrogen) atoms. The summed E-state index contributed by atoms with van der Waals surface area (Å²) in [7, 11) is -1.84. The second-order valence-electron chi connectivity index (χ2n) is 7.85. The van der Waals surface area contributed by atoms with E-state index in [1.807, 2.05) is 33.0 Å². The fraction of sp³-hybridized carbons (Fsp3) is 0.650. The van der Waals surface area contributed by atoms with Crippen molar-refractivity contribution in [2.24, 2.45) is 0 Å². The van der Waals surface area contributed by atoms with Crippen molar-refractivity contribution in [3.63, 3.8) is 0 Å². The Balaban J connectivity index is 0.00000261. The van der Waals surface area contributed by atoms with Gasteiger partial charge in [0.25, 0.3) is 0 Å². The van der Waals surface area contributed by atoms with Gasteiger partial charge in [-0.25, -0.2) is 8.42 Å². The van der Waals surface area contributed by atoms with Crippen LogP contribution in [-0.2, 0) is 14.6 Å². The third-order valence-electron chi connectivity index (χ3n) is 6.07. The molecule has 1 aliphatic carbocycles. The molecule has 1 unspecified atom stereocenters. The van der Waals surface area contributed by atoms with Gasteiger partial charge in [-0.15, -0.1) is 12.4 Å². The number of aryl methyl sites for hydroxylation is 2. The Morgan fingerprint density at radius 1 is 1.19 bits per heavy atom. The normalized spacial score (nSPS) is 22.3. The summed E-state index contributed by atoms with van der Waals surface area (Å²) in [5.74, 6) is -0.184. The first-order valence-corrected chi connectivity index (χ1v) is 11.1. The second kappa shape index (κ2) is 8.50. The Morgan fingerprint density at radius 3 is 2.48 bits per heavy atom. The molecule has 2 aliphatic rings. The topological polar surface area (TPSA) is 66.5 Å². The number of carbonyl (C=O) groups excluding carboxylic acids is 1. The highest BCUT2D eigenvalue weighted by atomic mass is 35.5. The van der Waals surface area contributed by atoms with Gasteiger partial charge in [-0.05, 0) is 63.8 Å². The van der Waals surface area contributed by atoms with E-state index in [2.05, 4.69) is 5.32 Å². The first-order valence-electron chi connectivity index (χ1n) is 9.60. The summed E-state index contributed by atoms with van der Waals surface area (Å²) in [5, 5.41) is 3.24. The SMILES string of the molecule is CNC1CCCN(C(=O)C2(S(=O)(=O)c3cc(C)ccc3C)CCCC2)C1.Cl. The van der Waals surface area contributed by atoms with Gasteiger partial charge in [0.15, 0.2) is 14.6 Å². The maximum Gasteiger partial charge on any atom is 0.244 e. The second-order valence-corrected chi connectivity index (χ2v) is 10.1. The van der Waals surface area contributed by atoms with Crippen molar-refractivity contribution in [3.8, 4) is 0 Å². The Morgan fingerprint density at radius 2 is 1.85 bits per heavy atom. The summed E-state index contributed by atoms with van der Waals surface area (Å²) in [4.78, 5) is 15.6. The summed E-state index contributed by atoms with van der Waals surface area (Å²) < 4.78 is 26.1. The van der Waals surface area contributed by atoms with Gasteiger partial charge in [0, 0.05) is 19.1 Å². The molecule has 7 heteroatoms. The highest BCUT2D eigenvalue weighted by Crippen LogP contribution is 2.43. The van der Waals surface area contributed by atoms with Crippen LogP contribution in [0.1, 0.15) is 49.7 Å². The van der Waals surface area contributed by atoms with E-state index in [1.165, 1.54) is 0 Å². The molecule has 0 spiro atoms. The number of hydrogen-bond donors (Lipinski definition) is 1. The average Bonchev–Trinajstić information content (AvgIpc) is 3.14. The molecule has 1 amide bonds. The monoisotopic (exact) mass is 414 g/mol. The molecule has 2 fully saturated rings. The minimum absolute atomic E-state index is 0. The van der Waals surface area contributed by atoms with Crippen LogP contribution in [0.2, 0.25) is 0 Å². The summed E-state index contributed by atoms with van der Waals surface area (Å²) in [6.07, 6.45) is 4.39. The van der Waals surface area contributed by atoms with E-state index < -0.39 is 14.6 Å². The molecular formula is C20H31ClN2O3S. The Bertz CT molecular complexity index is 788. The molecule has 5 nitrogen and oxygen atoms in total. The predicted molar refractivity (Wildman–Crippen MR) is 110 cm³/mol. The molecule has 1 N–H and O–H groups in total. The lowest BCUT2D eigenvalue weighted by Gasteiger charge is -2.38. The van der Waals surface area contributed by atoms with E-state index in [-0.39, 0.29) is 24.4 Å². The van der Waals surface area contributed by atoms with Crippen LogP contribution in [0.15, 0.2) is 23.1 Å². The lowest BCUT2D eigenvalue weighted by molar-refractivity contribution is -0.135. The number of piperidine rings is 1. The molecule has 1 saturated carbocycles. The van der Waals surface area contributed by atoms with Gasteiger partial charge in [0.2, 0.25) is 5.91 Å². The first kappa shape index (κ1) is 22.2. The Hall–Kier alpha value is -1.11. The number of amides is 1. The van der Waals surface area contributed by atoms with Crippen molar-refractivity contribution in [2.45, 2.75) is 68.1 Å². The largest absolute Gasteiger partial charge is 0.340 e. The smallest absolute Gasteiger partial charge is 0.244 e. The summed E-state index contributed by atoms with van der Waals surface area (Å²) in [5.41, 5.74) is 1.63. The number of sulfone groups is 1. The number of rotatable bonds is 4. The minimum atomic E-state index is -3.74. The van der Waals surface area contributed by atoms with Crippen LogP contribution >= 0.6 is 12.4 Å². The molecule has 1 heterocycles. The molecular weight excluding hydrogens is 384 g/mol. The van der Waals surface area contributed by atoms with Gasteiger partial charge < -0.3 is 10.2 Å². The van der Waals surface area contributed by atoms with E-state index in [1.54, 1.807) is 11.0 Å². The lowest BCUT2D eigenvalue weighted by atomic mass is 10.0. The molecule has 0 radical (unpaired) electrons. The zero-order chi connectivity index (χ0) is 18.9. The summed E-state index contributed by atoms with van der Waals surface area (Å²) in [6.45, 7) is 4.96. The first-order chi connectivity index (χ1) is 12.3. The molecule has 1 saturated heterocycles. The number of halogens is 1. The van der Waals surface area contributed by atoms with Crippen molar-refractivity contribution in [1.82, 2.24) is 10.2 Å². The highest BCUT2D eigenvalue weighted by molar-refractivity contribution is 7.93. The predicted octanol–water partition coefficient (Wildman–Crippen LogP) is 3.02. The van der Waals surface area contributed by atoms with Gasteiger partial charge in [-0.3, -0.25) is 4.79 Å². The molecule has 3 rings (SSSR count). The third-order valence-corrected chi connectivity index (χ3v) is 8.70. The van der Waals surface area contributed by atoms with Crippen LogP contribution in [0.25, 0.3) is 0 Å². The minimum Gasteiger partial charge on any atom is -0.340 e. The van der Waals surface area contributed by atoms with E-state index in [0.29, 0.717) is 30.8 Å². The van der Waals surface area contributed by atoms with Crippen molar-refractivity contribution in [3.05, 3.63) is 29.3 Å². The maximum atomic E-state index is 13.7. The Labute approximate surface area is 169 Å². The lowest BCUT2D eigenvalue weighted by Crippen LogP contribution is -2.56. The van der Waals surface area contributed by atoms with Crippen LogP contribution in [0, 0.1) is 13.8 Å². The molecule has 1 aromatic rings. The van der Waals surface area contributed by atoms with Crippen LogP contribution < -0.4 is 5.32 Å². The van der Waals surface area contributed by atoms with E-state index in [4.69, 9.17) is 0 Å². The third kappa shape index (κ3) is 3.89. The van der Waals surface area contributed by atoms with Crippen molar-refractivity contribution in [2.75, 3.05) is 20.1 Å². The van der Waals surface area contributed by atoms with Gasteiger partial charge in [0.1, 0.15) is 0 Å². The molecule has 152 valence electrons. The van der Waals surface area contributed by atoms with Crippen LogP contribution in [-0.4, -0.2) is 50.2 Å². The molecule has 0 bridgehead atoms. The number of nitrogens with zero attached hydrogens (tertiary/aromatic N) is 1. The quantitative estimate of drug-likeness (QED) is 0.822. The number of carbonyl (C=O) groups is 1. The van der Waals surface area contributed by atoms with Crippen LogP contribution in [0.4, 0.5) is 0 Å². The standard InChI is InChI=1S/C20H30N2O3S.ClH/c1-15-8-9-16(2)18(13-15)26(24,25)20(10-4-5-11-20)19(23)22-12-6-7-17(14-22)21-3;/h8-9,13,17,21H,4-7,10-12,14H2,1-3H3;1H. The van der Waals surface area contributed by atoms with E-state index in [9.17, 15) is 13.2 Å². The molecule has 1 atom stereocenters. The summed E-state index contributed by atoms with van der Waals surface area (Å²) in [6, 6.07) is 5.73. The van der Waals surface area contributed by atoms with Gasteiger partial charge >= 0.3 is 0 Å². The average molecular weight is 415 g/mol. The number of benzene rings is 1. The zero-order valence-electron chi connectivity index (χ0n) is 16.5. The Kier molecular flexibility index (Phi) is 6.98. The van der Waals surface area contributed by atoms with Gasteiger partial charge in [-0.1, -0.05) is 25.0 Å². The van der Waals surface area contributed by atoms with Crippen molar-refractivity contribution in [1.29, 1.82) is 0 Å². The maximum absolute atomic E-state index is 13.7. The molecule has 0 aromatic heterocycles. The summed E-state index contributed by atoms with van der Waals surface area (Å²) >= 11 is 0. The van der Waals surface area contributed by atoms with E-state index in [0.717, 1.165) is 36.8 Å². The highest BCUT2D eigenvalue weighted by Gasteiger charge is 2.55. The fourth-order valence-corrected chi connectivity index (χ4v) is 6.88. The van der Waals surface area contributed by atoms with Crippen LogP contribution in [0.3, 0.4) is 0 Å². The van der Waals surface area contributed by atoms with Crippen molar-refractivity contribution >= 4 is 28.2 Å². The van der Waals surface area contributed by atoms with Gasteiger partial charge in [0.05, 0.1) is 4.90 Å². The number of likely N-dealkylation sites (N-methyl/N-ethyl adjacent to an activating group) is 1. The van der Waals surface area contributed by atoms with Gasteiger partial charge in [-0.2, -0.15) is 0 Å². The number of likely N-dealkylation sites (tertiary alicyclic amines) is 1. The molecule has 1 aliphatic heterocycles. The van der Waals surface area contributed by atoms with Crippen molar-refractivity contribution < 1.29 is 13.2 Å². The number of hydrogen-bond acceptors (Lipinski definition) is 4. The zero-order valence-corrected chi connectivity index (χ0v) is 18.1. The van der Waals surface area contributed by atoms with E-state index >= 15 is 0 Å².